The van der Waals surface area contributed by atoms with Crippen molar-refractivity contribution in [1.82, 2.24) is 4.98 Å². The van der Waals surface area contributed by atoms with Crippen LogP contribution in [-0.2, 0) is 0 Å². The fourth-order valence-corrected chi connectivity index (χ4v) is 1.27. The summed E-state index contributed by atoms with van der Waals surface area (Å²) in [5.41, 5.74) is 6.96. The first-order chi connectivity index (χ1) is 7.44. The van der Waals surface area contributed by atoms with Crippen LogP contribution >= 0.6 is 0 Å². The van der Waals surface area contributed by atoms with Gasteiger partial charge in [0.05, 0.1) is 11.3 Å². The maximum Gasteiger partial charge on any atom is 0.150 e. The molecular formula is C12H18N4. The van der Waals surface area contributed by atoms with Crippen LogP contribution < -0.4 is 11.1 Å². The van der Waals surface area contributed by atoms with E-state index in [9.17, 15) is 0 Å². The number of anilines is 2. The minimum Gasteiger partial charge on any atom is -0.395 e. The number of rotatable bonds is 3. The third kappa shape index (κ3) is 3.43. The Hall–Kier alpha value is -1.76. The molecule has 0 radical (unpaired) electrons. The van der Waals surface area contributed by atoms with E-state index >= 15 is 0 Å². The van der Waals surface area contributed by atoms with Crippen LogP contribution in [-0.4, -0.2) is 11.5 Å². The molecule has 0 aromatic carbocycles. The highest BCUT2D eigenvalue weighted by atomic mass is 15.0. The van der Waals surface area contributed by atoms with Crippen molar-refractivity contribution in [3.05, 3.63) is 17.8 Å². The zero-order valence-electron chi connectivity index (χ0n) is 10.0. The van der Waals surface area contributed by atoms with Crippen LogP contribution in [0, 0.1) is 16.7 Å². The average molecular weight is 218 g/mol. The highest BCUT2D eigenvalue weighted by Gasteiger charge is 2.10. The van der Waals surface area contributed by atoms with Crippen molar-refractivity contribution in [3.8, 4) is 6.07 Å². The molecule has 0 aliphatic carbocycles. The zero-order chi connectivity index (χ0) is 12.2. The van der Waals surface area contributed by atoms with Gasteiger partial charge in [-0.05, 0) is 17.9 Å². The summed E-state index contributed by atoms with van der Waals surface area (Å²) in [5.74, 6) is 0.600. The molecule has 3 N–H and O–H groups in total. The lowest BCUT2D eigenvalue weighted by atomic mass is 9.92. The van der Waals surface area contributed by atoms with Crippen molar-refractivity contribution in [3.63, 3.8) is 0 Å². The highest BCUT2D eigenvalue weighted by Crippen LogP contribution is 2.21. The molecule has 0 amide bonds. The summed E-state index contributed by atoms with van der Waals surface area (Å²) in [7, 11) is 0. The number of pyridine rings is 1. The van der Waals surface area contributed by atoms with Gasteiger partial charge in [0.2, 0.25) is 0 Å². The number of nitriles is 1. The number of nitrogens with zero attached hydrogens (tertiary/aromatic N) is 2. The van der Waals surface area contributed by atoms with Crippen molar-refractivity contribution in [1.29, 1.82) is 5.26 Å². The van der Waals surface area contributed by atoms with Gasteiger partial charge in [-0.25, -0.2) is 4.98 Å². The molecule has 0 aliphatic heterocycles. The monoisotopic (exact) mass is 218 g/mol. The second-order valence-corrected chi connectivity index (χ2v) is 4.97. The first kappa shape index (κ1) is 12.3. The Morgan fingerprint density at radius 3 is 2.75 bits per heavy atom. The molecule has 16 heavy (non-hydrogen) atoms. The topological polar surface area (TPSA) is 74.7 Å². The number of nitrogens with one attached hydrogen (secondary N) is 1. The van der Waals surface area contributed by atoms with Crippen molar-refractivity contribution in [2.24, 2.45) is 5.41 Å². The average Bonchev–Trinajstić information content (AvgIpc) is 2.19. The summed E-state index contributed by atoms with van der Waals surface area (Å²) in [6, 6.07) is 3.65. The Morgan fingerprint density at radius 2 is 2.19 bits per heavy atom. The molecule has 0 spiro atoms. The first-order valence-electron chi connectivity index (χ1n) is 5.32. The minimum absolute atomic E-state index is 0.272. The molecular weight excluding hydrogens is 200 g/mol. The predicted molar refractivity (Wildman–Crippen MR) is 65.9 cm³/mol. The van der Waals surface area contributed by atoms with Gasteiger partial charge in [0.1, 0.15) is 6.07 Å². The number of hydrogen-bond donors (Lipinski definition) is 2. The smallest absolute Gasteiger partial charge is 0.150 e. The SMILES string of the molecule is CC(C)(C)CCNc1nccc(C#N)c1N. The lowest BCUT2D eigenvalue weighted by Gasteiger charge is -2.18. The summed E-state index contributed by atoms with van der Waals surface area (Å²) in [4.78, 5) is 4.12. The lowest BCUT2D eigenvalue weighted by Crippen LogP contribution is -2.14. The molecule has 0 saturated carbocycles. The Labute approximate surface area is 96.5 Å². The molecule has 86 valence electrons. The van der Waals surface area contributed by atoms with E-state index < -0.39 is 0 Å². The fourth-order valence-electron chi connectivity index (χ4n) is 1.27. The fraction of sp³-hybridized carbons (Fsp3) is 0.500. The van der Waals surface area contributed by atoms with E-state index in [-0.39, 0.29) is 5.41 Å². The predicted octanol–water partition coefficient (Wildman–Crippen LogP) is 2.38. The molecule has 0 unspecified atom stereocenters. The van der Waals surface area contributed by atoms with E-state index in [1.807, 2.05) is 6.07 Å². The van der Waals surface area contributed by atoms with Gasteiger partial charge in [0.25, 0.3) is 0 Å². The third-order valence-electron chi connectivity index (χ3n) is 2.28. The van der Waals surface area contributed by atoms with Gasteiger partial charge in [-0.15, -0.1) is 0 Å². The summed E-state index contributed by atoms with van der Waals surface area (Å²) < 4.78 is 0. The molecule has 0 atom stereocenters. The summed E-state index contributed by atoms with van der Waals surface area (Å²) in [6.07, 6.45) is 2.61. The van der Waals surface area contributed by atoms with Crippen LogP contribution in [0.4, 0.5) is 11.5 Å². The van der Waals surface area contributed by atoms with Crippen LogP contribution in [0.1, 0.15) is 32.8 Å². The Morgan fingerprint density at radius 1 is 1.50 bits per heavy atom. The maximum absolute atomic E-state index is 8.81. The van der Waals surface area contributed by atoms with Gasteiger partial charge < -0.3 is 11.1 Å². The van der Waals surface area contributed by atoms with Gasteiger partial charge in [-0.2, -0.15) is 5.26 Å². The molecule has 1 aromatic heterocycles. The van der Waals surface area contributed by atoms with Gasteiger partial charge in [-0.3, -0.25) is 0 Å². The Kier molecular flexibility index (Phi) is 3.73. The molecule has 4 heteroatoms. The van der Waals surface area contributed by atoms with E-state index in [1.165, 1.54) is 0 Å². The summed E-state index contributed by atoms with van der Waals surface area (Å²) >= 11 is 0. The van der Waals surface area contributed by atoms with Gasteiger partial charge >= 0.3 is 0 Å². The molecule has 0 bridgehead atoms. The van der Waals surface area contributed by atoms with Gasteiger partial charge in [-0.1, -0.05) is 20.8 Å². The van der Waals surface area contributed by atoms with Crippen molar-refractivity contribution < 1.29 is 0 Å². The van der Waals surface area contributed by atoms with Crippen LogP contribution in [0.25, 0.3) is 0 Å². The number of nitrogen functional groups attached to an aromatic ring is 1. The van der Waals surface area contributed by atoms with Gasteiger partial charge in [0.15, 0.2) is 5.82 Å². The number of aromatic nitrogens is 1. The van der Waals surface area contributed by atoms with Crippen LogP contribution in [0.3, 0.4) is 0 Å². The third-order valence-corrected chi connectivity index (χ3v) is 2.28. The number of hydrogen-bond acceptors (Lipinski definition) is 4. The lowest BCUT2D eigenvalue weighted by molar-refractivity contribution is 0.389. The summed E-state index contributed by atoms with van der Waals surface area (Å²) in [6.45, 7) is 7.33. The quantitative estimate of drug-likeness (QED) is 0.816. The van der Waals surface area contributed by atoms with Crippen LogP contribution in [0.5, 0.6) is 0 Å². The van der Waals surface area contributed by atoms with Crippen LogP contribution in [0.2, 0.25) is 0 Å². The standard InChI is InChI=1S/C12H18N4/c1-12(2,3)5-7-16-11-10(14)9(8-13)4-6-15-11/h4,6H,5,7,14H2,1-3H3,(H,15,16). The van der Waals surface area contributed by atoms with Crippen molar-refractivity contribution in [2.75, 3.05) is 17.6 Å². The maximum atomic E-state index is 8.81. The molecule has 4 nitrogen and oxygen atoms in total. The van der Waals surface area contributed by atoms with E-state index in [0.29, 0.717) is 17.1 Å². The minimum atomic E-state index is 0.272. The molecule has 1 heterocycles. The number of nitrogens with two attached hydrogens (primary N) is 1. The van der Waals surface area contributed by atoms with Crippen molar-refractivity contribution in [2.45, 2.75) is 27.2 Å². The van der Waals surface area contributed by atoms with Gasteiger partial charge in [0, 0.05) is 12.7 Å². The molecule has 1 aromatic rings. The first-order valence-corrected chi connectivity index (χ1v) is 5.32. The summed E-state index contributed by atoms with van der Waals surface area (Å²) in [5, 5.41) is 12.0. The van der Waals surface area contributed by atoms with E-state index in [4.69, 9.17) is 11.0 Å². The molecule has 0 saturated heterocycles. The Bertz CT molecular complexity index is 398. The Balaban J connectivity index is 2.65. The zero-order valence-corrected chi connectivity index (χ0v) is 10.0. The van der Waals surface area contributed by atoms with E-state index in [0.717, 1.165) is 13.0 Å². The normalized spacial score (nSPS) is 10.9. The largest absolute Gasteiger partial charge is 0.395 e. The second kappa shape index (κ2) is 4.84. The highest BCUT2D eigenvalue weighted by molar-refractivity contribution is 5.68. The van der Waals surface area contributed by atoms with Crippen molar-refractivity contribution >= 4 is 11.5 Å². The second-order valence-electron chi connectivity index (χ2n) is 4.97. The molecule has 0 fully saturated rings. The van der Waals surface area contributed by atoms with E-state index in [1.54, 1.807) is 12.3 Å². The van der Waals surface area contributed by atoms with Crippen LogP contribution in [0.15, 0.2) is 12.3 Å². The molecule has 1 rings (SSSR count). The molecule has 0 aliphatic rings. The van der Waals surface area contributed by atoms with E-state index in [2.05, 4.69) is 31.1 Å².